The van der Waals surface area contributed by atoms with Crippen LogP contribution in [0.15, 0.2) is 67.0 Å². The largest absolute Gasteiger partial charge is 0.465 e. The summed E-state index contributed by atoms with van der Waals surface area (Å²) in [6.45, 7) is 7.21. The van der Waals surface area contributed by atoms with Crippen molar-refractivity contribution in [2.24, 2.45) is 0 Å². The van der Waals surface area contributed by atoms with Crippen LogP contribution in [0.2, 0.25) is 0 Å². The summed E-state index contributed by atoms with van der Waals surface area (Å²) >= 11 is 0. The molecule has 0 fully saturated rings. The fourth-order valence-corrected chi connectivity index (χ4v) is 4.01. The quantitative estimate of drug-likeness (QED) is 0.379. The first-order valence-electron chi connectivity index (χ1n) is 11.3. The third-order valence-electron chi connectivity index (χ3n) is 5.93. The normalized spacial score (nSPS) is 13.9. The highest BCUT2D eigenvalue weighted by Crippen LogP contribution is 2.38. The Morgan fingerprint density at radius 2 is 1.71 bits per heavy atom. The summed E-state index contributed by atoms with van der Waals surface area (Å²) in [5.41, 5.74) is 5.77. The lowest BCUT2D eigenvalue weighted by Gasteiger charge is -2.19. The van der Waals surface area contributed by atoms with E-state index in [1.54, 1.807) is 30.6 Å². The molecule has 34 heavy (non-hydrogen) atoms. The highest BCUT2D eigenvalue weighted by molar-refractivity contribution is 6.37. The molecule has 0 bridgehead atoms. The number of pyridine rings is 1. The number of carbonyl (C=O) groups excluding carboxylic acids is 2. The van der Waals surface area contributed by atoms with Crippen LogP contribution in [0.1, 0.15) is 40.9 Å². The number of amides is 1. The predicted octanol–water partition coefficient (Wildman–Crippen LogP) is 4.64. The maximum absolute atomic E-state index is 13.1. The van der Waals surface area contributed by atoms with Crippen molar-refractivity contribution in [3.8, 4) is 0 Å². The van der Waals surface area contributed by atoms with E-state index in [0.29, 0.717) is 22.5 Å². The van der Waals surface area contributed by atoms with E-state index in [2.05, 4.69) is 46.5 Å². The number of nitrogens with one attached hydrogen (secondary N) is 2. The Hall–Kier alpha value is -3.97. The van der Waals surface area contributed by atoms with Gasteiger partial charge in [-0.3, -0.25) is 14.7 Å². The van der Waals surface area contributed by atoms with Gasteiger partial charge >= 0.3 is 5.97 Å². The number of carbonyl (C=O) groups is 2. The predicted molar refractivity (Wildman–Crippen MR) is 134 cm³/mol. The highest BCUT2D eigenvalue weighted by Gasteiger charge is 2.29. The third-order valence-corrected chi connectivity index (χ3v) is 5.93. The average molecular weight is 457 g/mol. The Bertz CT molecular complexity index is 1220. The number of hydrogen-bond donors (Lipinski definition) is 2. The van der Waals surface area contributed by atoms with Crippen molar-refractivity contribution < 1.29 is 14.3 Å². The van der Waals surface area contributed by atoms with E-state index in [4.69, 9.17) is 4.74 Å². The fraction of sp³-hybridized carbons (Fsp3) is 0.222. The van der Waals surface area contributed by atoms with Gasteiger partial charge in [-0.25, -0.2) is 4.79 Å². The van der Waals surface area contributed by atoms with Crippen molar-refractivity contribution >= 4 is 34.5 Å². The molecule has 3 aromatic rings. The number of rotatable bonds is 8. The first kappa shape index (κ1) is 23.2. The van der Waals surface area contributed by atoms with Gasteiger partial charge in [-0.15, -0.1) is 0 Å². The van der Waals surface area contributed by atoms with Crippen molar-refractivity contribution in [2.75, 3.05) is 30.8 Å². The zero-order valence-corrected chi connectivity index (χ0v) is 19.6. The molecule has 0 unspecified atom stereocenters. The van der Waals surface area contributed by atoms with Crippen molar-refractivity contribution in [3.63, 3.8) is 0 Å². The highest BCUT2D eigenvalue weighted by atomic mass is 16.5. The van der Waals surface area contributed by atoms with Crippen LogP contribution in [0, 0.1) is 0 Å². The molecule has 0 atom stereocenters. The van der Waals surface area contributed by atoms with Crippen molar-refractivity contribution in [2.45, 2.75) is 20.4 Å². The van der Waals surface area contributed by atoms with E-state index >= 15 is 0 Å². The lowest BCUT2D eigenvalue weighted by molar-refractivity contribution is -0.110. The van der Waals surface area contributed by atoms with Crippen LogP contribution in [0.25, 0.3) is 11.3 Å². The van der Waals surface area contributed by atoms with Crippen LogP contribution in [0.4, 0.5) is 11.4 Å². The minimum atomic E-state index is -0.452. The number of ether oxygens (including phenoxy) is 1. The average Bonchev–Trinajstić information content (AvgIpc) is 3.21. The van der Waals surface area contributed by atoms with E-state index in [9.17, 15) is 9.59 Å². The van der Waals surface area contributed by atoms with Crippen LogP contribution >= 0.6 is 0 Å². The Kier molecular flexibility index (Phi) is 7.04. The number of methoxy groups -OCH3 is 1. The second kappa shape index (κ2) is 10.3. The Morgan fingerprint density at radius 3 is 2.35 bits per heavy atom. The second-order valence-electron chi connectivity index (χ2n) is 7.98. The van der Waals surface area contributed by atoms with E-state index < -0.39 is 5.97 Å². The molecule has 1 aliphatic rings. The number of hydrogen-bond acceptors (Lipinski definition) is 6. The molecule has 2 heterocycles. The molecule has 0 saturated heterocycles. The molecule has 7 nitrogen and oxygen atoms in total. The molecule has 2 N–H and O–H groups in total. The minimum absolute atomic E-state index is 0.241. The van der Waals surface area contributed by atoms with Gasteiger partial charge in [0.15, 0.2) is 0 Å². The summed E-state index contributed by atoms with van der Waals surface area (Å²) < 4.78 is 4.81. The van der Waals surface area contributed by atoms with Crippen molar-refractivity contribution in [1.29, 1.82) is 0 Å². The molecule has 0 saturated carbocycles. The summed E-state index contributed by atoms with van der Waals surface area (Å²) in [5, 5.41) is 6.33. The smallest absolute Gasteiger partial charge is 0.337 e. The maximum atomic E-state index is 13.1. The van der Waals surface area contributed by atoms with Crippen molar-refractivity contribution in [3.05, 3.63) is 89.2 Å². The van der Waals surface area contributed by atoms with Gasteiger partial charge in [0, 0.05) is 35.8 Å². The number of nitrogens with zero attached hydrogens (tertiary/aromatic N) is 2. The SMILES string of the molecule is CCN(CC)Cc1ccc(N/C(=C2\C(=O)Nc3cc(C(=O)OC)ccc32)c2ccncc2)cc1. The van der Waals surface area contributed by atoms with Crippen LogP contribution in [-0.4, -0.2) is 42.0 Å². The first-order chi connectivity index (χ1) is 16.5. The molecule has 0 radical (unpaired) electrons. The number of benzene rings is 2. The summed E-state index contributed by atoms with van der Waals surface area (Å²) in [7, 11) is 1.33. The molecule has 2 aromatic carbocycles. The number of anilines is 2. The molecule has 0 spiro atoms. The maximum Gasteiger partial charge on any atom is 0.337 e. The van der Waals surface area contributed by atoms with Gasteiger partial charge < -0.3 is 15.4 Å². The van der Waals surface area contributed by atoms with Gasteiger partial charge in [-0.05, 0) is 55.1 Å². The van der Waals surface area contributed by atoms with E-state index in [1.165, 1.54) is 12.7 Å². The topological polar surface area (TPSA) is 83.6 Å². The van der Waals surface area contributed by atoms with Gasteiger partial charge in [-0.1, -0.05) is 32.0 Å². The lowest BCUT2D eigenvalue weighted by Crippen LogP contribution is -2.22. The van der Waals surface area contributed by atoms with Gasteiger partial charge in [-0.2, -0.15) is 0 Å². The van der Waals surface area contributed by atoms with Gasteiger partial charge in [0.05, 0.1) is 29.6 Å². The molecule has 0 aliphatic carbocycles. The van der Waals surface area contributed by atoms with E-state index in [0.717, 1.165) is 36.4 Å². The molecule has 7 heteroatoms. The van der Waals surface area contributed by atoms with E-state index in [1.807, 2.05) is 24.3 Å². The number of aromatic nitrogens is 1. The molecule has 1 amide bonds. The summed E-state index contributed by atoms with van der Waals surface area (Å²) in [6.07, 6.45) is 3.39. The zero-order valence-electron chi connectivity index (χ0n) is 19.6. The summed E-state index contributed by atoms with van der Waals surface area (Å²) in [6, 6.07) is 17.0. The molecule has 4 rings (SSSR count). The summed E-state index contributed by atoms with van der Waals surface area (Å²) in [4.78, 5) is 31.5. The molecular formula is C27H28N4O3. The van der Waals surface area contributed by atoms with Crippen LogP contribution < -0.4 is 10.6 Å². The third kappa shape index (κ3) is 4.84. The second-order valence-corrected chi connectivity index (χ2v) is 7.98. The Balaban J connectivity index is 1.73. The van der Waals surface area contributed by atoms with Crippen LogP contribution in [0.5, 0.6) is 0 Å². The van der Waals surface area contributed by atoms with Gasteiger partial charge in [0.1, 0.15) is 0 Å². The zero-order chi connectivity index (χ0) is 24.1. The molecule has 1 aliphatic heterocycles. The first-order valence-corrected chi connectivity index (χ1v) is 11.3. The van der Waals surface area contributed by atoms with E-state index in [-0.39, 0.29) is 5.91 Å². The lowest BCUT2D eigenvalue weighted by atomic mass is 9.99. The monoisotopic (exact) mass is 456 g/mol. The van der Waals surface area contributed by atoms with Crippen LogP contribution in [0.3, 0.4) is 0 Å². The van der Waals surface area contributed by atoms with Crippen LogP contribution in [-0.2, 0) is 16.1 Å². The van der Waals surface area contributed by atoms with Gasteiger partial charge in [0.2, 0.25) is 0 Å². The Labute approximate surface area is 199 Å². The molecule has 174 valence electrons. The fourth-order valence-electron chi connectivity index (χ4n) is 4.01. The standard InChI is InChI=1S/C27H28N4O3/c1-4-31(5-2)17-18-6-9-21(10-7-18)29-25(19-12-14-28-15-13-19)24-22-11-8-20(27(33)34-3)16-23(22)30-26(24)32/h6-16,29H,4-5,17H2,1-3H3,(H,30,32)/b25-24-. The summed E-state index contributed by atoms with van der Waals surface area (Å²) in [5.74, 6) is -0.693. The van der Waals surface area contributed by atoms with Gasteiger partial charge in [0.25, 0.3) is 5.91 Å². The number of esters is 1. The van der Waals surface area contributed by atoms with Crippen molar-refractivity contribution in [1.82, 2.24) is 9.88 Å². The minimum Gasteiger partial charge on any atom is -0.465 e. The Morgan fingerprint density at radius 1 is 1.00 bits per heavy atom. The molecular weight excluding hydrogens is 428 g/mol. The number of fused-ring (bicyclic) bond motifs is 1. The molecule has 1 aromatic heterocycles.